The molecule has 11 heteroatoms. The van der Waals surface area contributed by atoms with Crippen molar-refractivity contribution in [2.45, 2.75) is 19.1 Å². The molecule has 2 aromatic rings. The van der Waals surface area contributed by atoms with E-state index in [0.717, 1.165) is 11.3 Å². The zero-order chi connectivity index (χ0) is 20.6. The molecule has 1 N–H and O–H groups in total. The van der Waals surface area contributed by atoms with Crippen molar-refractivity contribution in [3.05, 3.63) is 50.4 Å². The second kappa shape index (κ2) is 7.76. The van der Waals surface area contributed by atoms with Crippen LogP contribution in [-0.2, 0) is 26.7 Å². The van der Waals surface area contributed by atoms with Crippen LogP contribution < -0.4 is 5.32 Å². The van der Waals surface area contributed by atoms with E-state index in [4.69, 9.17) is 16.3 Å². The SMILES string of the molecule is CCOC(=O)c1c(NC(=O)c2cc(F)c(F)cc2Cl)sc2c1CCS(=O)(=O)C2. The fourth-order valence-electron chi connectivity index (χ4n) is 2.80. The minimum Gasteiger partial charge on any atom is -0.462 e. The summed E-state index contributed by atoms with van der Waals surface area (Å²) in [5, 5.41) is 2.22. The van der Waals surface area contributed by atoms with Crippen LogP contribution in [0.4, 0.5) is 13.8 Å². The predicted molar refractivity (Wildman–Crippen MR) is 101 cm³/mol. The number of ether oxygens (including phenoxy) is 1. The fourth-order valence-corrected chi connectivity index (χ4v) is 6.07. The molecular weight excluding hydrogens is 436 g/mol. The average Bonchev–Trinajstić information content (AvgIpc) is 2.93. The molecule has 1 aromatic carbocycles. The number of rotatable bonds is 4. The summed E-state index contributed by atoms with van der Waals surface area (Å²) >= 11 is 6.75. The first-order valence-electron chi connectivity index (χ1n) is 8.11. The molecule has 0 aliphatic carbocycles. The number of anilines is 1. The number of nitrogens with one attached hydrogen (secondary N) is 1. The number of carbonyl (C=O) groups excluding carboxylic acids is 2. The van der Waals surface area contributed by atoms with Gasteiger partial charge in [-0.25, -0.2) is 22.0 Å². The summed E-state index contributed by atoms with van der Waals surface area (Å²) in [7, 11) is -3.30. The van der Waals surface area contributed by atoms with Crippen LogP contribution in [0.2, 0.25) is 5.02 Å². The second-order valence-electron chi connectivity index (χ2n) is 5.97. The van der Waals surface area contributed by atoms with Crippen molar-refractivity contribution in [3.63, 3.8) is 0 Å². The number of hydrogen-bond acceptors (Lipinski definition) is 6. The number of carbonyl (C=O) groups is 2. The second-order valence-corrected chi connectivity index (χ2v) is 9.67. The van der Waals surface area contributed by atoms with E-state index in [2.05, 4.69) is 5.32 Å². The largest absolute Gasteiger partial charge is 0.462 e. The van der Waals surface area contributed by atoms with Crippen LogP contribution in [0.15, 0.2) is 12.1 Å². The summed E-state index contributed by atoms with van der Waals surface area (Å²) in [6, 6.07) is 1.32. The van der Waals surface area contributed by atoms with Gasteiger partial charge in [-0.15, -0.1) is 11.3 Å². The molecule has 2 heterocycles. The van der Waals surface area contributed by atoms with Gasteiger partial charge in [-0.3, -0.25) is 4.79 Å². The van der Waals surface area contributed by atoms with E-state index < -0.39 is 33.3 Å². The van der Waals surface area contributed by atoms with Crippen molar-refractivity contribution >= 4 is 49.7 Å². The third-order valence-electron chi connectivity index (χ3n) is 4.07. The van der Waals surface area contributed by atoms with Crippen molar-refractivity contribution < 1.29 is 31.5 Å². The van der Waals surface area contributed by atoms with Gasteiger partial charge in [0.05, 0.1) is 34.3 Å². The lowest BCUT2D eigenvalue weighted by Crippen LogP contribution is -2.20. The molecule has 0 saturated carbocycles. The van der Waals surface area contributed by atoms with Gasteiger partial charge in [0, 0.05) is 4.88 Å². The molecule has 1 aliphatic heterocycles. The molecule has 0 bridgehead atoms. The minimum absolute atomic E-state index is 0.0730. The van der Waals surface area contributed by atoms with Gasteiger partial charge >= 0.3 is 5.97 Å². The first-order valence-corrected chi connectivity index (χ1v) is 11.1. The summed E-state index contributed by atoms with van der Waals surface area (Å²) in [4.78, 5) is 25.3. The molecule has 150 valence electrons. The van der Waals surface area contributed by atoms with Crippen molar-refractivity contribution in [1.82, 2.24) is 0 Å². The molecule has 0 saturated heterocycles. The van der Waals surface area contributed by atoms with Crippen molar-refractivity contribution in [3.8, 4) is 0 Å². The molecule has 0 radical (unpaired) electrons. The predicted octanol–water partition coefficient (Wildman–Crippen LogP) is 3.58. The number of amides is 1. The number of halogens is 3. The van der Waals surface area contributed by atoms with E-state index in [1.54, 1.807) is 6.92 Å². The Morgan fingerprint density at radius 1 is 1.29 bits per heavy atom. The summed E-state index contributed by atoms with van der Waals surface area (Å²) in [5.74, 6) is -4.39. The number of sulfone groups is 1. The van der Waals surface area contributed by atoms with Crippen molar-refractivity contribution in [2.24, 2.45) is 0 Å². The summed E-state index contributed by atoms with van der Waals surface area (Å²) < 4.78 is 55.5. The standard InChI is InChI=1S/C17H14ClF2NO5S2/c1-2-26-17(23)14-8-3-4-28(24,25)7-13(8)27-16(14)21-15(22)9-5-11(19)12(20)6-10(9)18/h5-6H,2-4,7H2,1H3,(H,21,22). The Morgan fingerprint density at radius 3 is 2.64 bits per heavy atom. The lowest BCUT2D eigenvalue weighted by molar-refractivity contribution is 0.0527. The minimum atomic E-state index is -3.30. The molecule has 1 aliphatic rings. The molecule has 28 heavy (non-hydrogen) atoms. The Hall–Kier alpha value is -2.04. The highest BCUT2D eigenvalue weighted by Gasteiger charge is 2.32. The van der Waals surface area contributed by atoms with Gasteiger partial charge in [-0.2, -0.15) is 0 Å². The zero-order valence-corrected chi connectivity index (χ0v) is 16.9. The third kappa shape index (κ3) is 4.03. The Bertz CT molecular complexity index is 1080. The Labute approximate surface area is 168 Å². The van der Waals surface area contributed by atoms with E-state index in [9.17, 15) is 26.8 Å². The molecule has 3 rings (SSSR count). The lowest BCUT2D eigenvalue weighted by atomic mass is 10.1. The van der Waals surface area contributed by atoms with Crippen LogP contribution in [0.3, 0.4) is 0 Å². The Balaban J connectivity index is 2.02. The van der Waals surface area contributed by atoms with Crippen molar-refractivity contribution in [2.75, 3.05) is 17.7 Å². The number of esters is 1. The highest BCUT2D eigenvalue weighted by Crippen LogP contribution is 2.39. The highest BCUT2D eigenvalue weighted by atomic mass is 35.5. The first-order chi connectivity index (χ1) is 13.1. The van der Waals surface area contributed by atoms with Crippen LogP contribution in [0, 0.1) is 11.6 Å². The molecule has 1 aromatic heterocycles. The Kier molecular flexibility index (Phi) is 5.74. The maximum atomic E-state index is 13.5. The maximum absolute atomic E-state index is 13.5. The topological polar surface area (TPSA) is 89.5 Å². The summed E-state index contributed by atoms with van der Waals surface area (Å²) in [6.07, 6.45) is 0.115. The van der Waals surface area contributed by atoms with Gasteiger partial charge in [-0.05, 0) is 31.0 Å². The summed E-state index contributed by atoms with van der Waals surface area (Å²) in [6.45, 7) is 1.70. The lowest BCUT2D eigenvalue weighted by Gasteiger charge is -2.13. The number of thiophene rings is 1. The molecule has 6 nitrogen and oxygen atoms in total. The fraction of sp³-hybridized carbons (Fsp3) is 0.294. The number of benzene rings is 1. The normalized spacial score (nSPS) is 15.0. The van der Waals surface area contributed by atoms with Gasteiger partial charge in [-0.1, -0.05) is 11.6 Å². The van der Waals surface area contributed by atoms with E-state index >= 15 is 0 Å². The maximum Gasteiger partial charge on any atom is 0.341 e. The van der Waals surface area contributed by atoms with Crippen LogP contribution in [0.25, 0.3) is 0 Å². The number of hydrogen-bond donors (Lipinski definition) is 1. The van der Waals surface area contributed by atoms with Gasteiger partial charge in [0.2, 0.25) is 0 Å². The van der Waals surface area contributed by atoms with Gasteiger partial charge in [0.15, 0.2) is 21.5 Å². The third-order valence-corrected chi connectivity index (χ3v) is 7.26. The molecule has 0 atom stereocenters. The van der Waals surface area contributed by atoms with Gasteiger partial charge < -0.3 is 10.1 Å². The molecule has 0 unspecified atom stereocenters. The van der Waals surface area contributed by atoms with Crippen LogP contribution in [0.1, 0.15) is 38.1 Å². The molecule has 0 spiro atoms. The Morgan fingerprint density at radius 2 is 1.96 bits per heavy atom. The first kappa shape index (κ1) is 20.7. The highest BCUT2D eigenvalue weighted by molar-refractivity contribution is 7.90. The quantitative estimate of drug-likeness (QED) is 0.569. The molecule has 1 amide bonds. The zero-order valence-electron chi connectivity index (χ0n) is 14.5. The summed E-state index contributed by atoms with van der Waals surface area (Å²) in [5.41, 5.74) is 0.253. The monoisotopic (exact) mass is 449 g/mol. The average molecular weight is 450 g/mol. The van der Waals surface area contributed by atoms with Gasteiger partial charge in [0.25, 0.3) is 5.91 Å². The van der Waals surface area contributed by atoms with E-state index in [0.29, 0.717) is 22.6 Å². The smallest absolute Gasteiger partial charge is 0.341 e. The van der Waals surface area contributed by atoms with E-state index in [1.165, 1.54) is 0 Å². The van der Waals surface area contributed by atoms with E-state index in [1.807, 2.05) is 0 Å². The van der Waals surface area contributed by atoms with Crippen LogP contribution in [-0.4, -0.2) is 32.7 Å². The van der Waals surface area contributed by atoms with Gasteiger partial charge in [0.1, 0.15) is 5.00 Å². The molecular formula is C17H14ClF2NO5S2. The number of fused-ring (bicyclic) bond motifs is 1. The van der Waals surface area contributed by atoms with Crippen LogP contribution >= 0.6 is 22.9 Å². The molecule has 0 fully saturated rings. The van der Waals surface area contributed by atoms with Crippen molar-refractivity contribution in [1.29, 1.82) is 0 Å². The van der Waals surface area contributed by atoms with E-state index in [-0.39, 0.29) is 45.7 Å². The van der Waals surface area contributed by atoms with Crippen LogP contribution in [0.5, 0.6) is 0 Å².